The number of aryl methyl sites for hydroxylation is 2. The van der Waals surface area contributed by atoms with Crippen LogP contribution in [-0.4, -0.2) is 29.3 Å². The van der Waals surface area contributed by atoms with E-state index in [4.69, 9.17) is 0 Å². The summed E-state index contributed by atoms with van der Waals surface area (Å²) in [4.78, 5) is 28.8. The Morgan fingerprint density at radius 2 is 1.85 bits per heavy atom. The van der Waals surface area contributed by atoms with Gasteiger partial charge in [0.05, 0.1) is 5.92 Å². The number of nitrogens with zero attached hydrogens (tertiary/aromatic N) is 1. The van der Waals surface area contributed by atoms with Crippen molar-refractivity contribution in [2.45, 2.75) is 48.9 Å². The molecule has 2 fully saturated rings. The summed E-state index contributed by atoms with van der Waals surface area (Å²) in [6.45, 7) is 4.78. The molecular formula is C22H24N2O2S. The van der Waals surface area contributed by atoms with Crippen LogP contribution < -0.4 is 5.32 Å². The van der Waals surface area contributed by atoms with Gasteiger partial charge in [0.2, 0.25) is 11.8 Å². The number of carbonyl (C=O) groups excluding carboxylic acids is 2. The zero-order chi connectivity index (χ0) is 19.0. The second kappa shape index (κ2) is 7.39. The van der Waals surface area contributed by atoms with Crippen molar-refractivity contribution in [3.63, 3.8) is 0 Å². The zero-order valence-electron chi connectivity index (χ0n) is 15.7. The van der Waals surface area contributed by atoms with E-state index in [-0.39, 0.29) is 17.7 Å². The fourth-order valence-corrected chi connectivity index (χ4v) is 4.44. The van der Waals surface area contributed by atoms with Crippen LogP contribution in [-0.2, 0) is 9.59 Å². The minimum absolute atomic E-state index is 0.0542. The van der Waals surface area contributed by atoms with Gasteiger partial charge in [0.25, 0.3) is 0 Å². The van der Waals surface area contributed by atoms with Crippen LogP contribution in [0.4, 0.5) is 5.69 Å². The fourth-order valence-electron chi connectivity index (χ4n) is 3.44. The van der Waals surface area contributed by atoms with E-state index in [0.717, 1.165) is 23.4 Å². The van der Waals surface area contributed by atoms with Crippen molar-refractivity contribution in [1.82, 2.24) is 4.90 Å². The molecule has 1 aliphatic carbocycles. The minimum atomic E-state index is -0.234. The van der Waals surface area contributed by atoms with Gasteiger partial charge in [0.15, 0.2) is 0 Å². The number of hydrogen-bond acceptors (Lipinski definition) is 3. The number of nitrogens with one attached hydrogen (secondary N) is 1. The van der Waals surface area contributed by atoms with Crippen LogP contribution in [0.25, 0.3) is 0 Å². The molecule has 2 aromatic rings. The molecule has 1 N–H and O–H groups in total. The summed E-state index contributed by atoms with van der Waals surface area (Å²) in [6, 6.07) is 14.8. The van der Waals surface area contributed by atoms with Crippen LogP contribution in [0.2, 0.25) is 0 Å². The first-order valence-electron chi connectivity index (χ1n) is 9.45. The third-order valence-corrected chi connectivity index (χ3v) is 6.38. The highest BCUT2D eigenvalue weighted by atomic mass is 32.2. The highest BCUT2D eigenvalue weighted by Crippen LogP contribution is 2.34. The van der Waals surface area contributed by atoms with E-state index in [1.807, 2.05) is 29.2 Å². The number of anilines is 1. The SMILES string of the molecule is Cc1ccc(C)c(Sc2ccc(NC(=O)C3CC(=O)N(C4CC4)C3)cc2)c1. The molecule has 1 unspecified atom stereocenters. The Morgan fingerprint density at radius 1 is 1.11 bits per heavy atom. The number of benzene rings is 2. The average molecular weight is 381 g/mol. The number of amides is 2. The van der Waals surface area contributed by atoms with Crippen LogP contribution in [0.5, 0.6) is 0 Å². The summed E-state index contributed by atoms with van der Waals surface area (Å²) in [5.74, 6) is -0.165. The summed E-state index contributed by atoms with van der Waals surface area (Å²) in [5, 5.41) is 2.97. The molecule has 140 valence electrons. The van der Waals surface area contributed by atoms with Gasteiger partial charge in [-0.05, 0) is 68.1 Å². The van der Waals surface area contributed by atoms with Crippen molar-refractivity contribution in [2.24, 2.45) is 5.92 Å². The lowest BCUT2D eigenvalue weighted by atomic mass is 10.1. The lowest BCUT2D eigenvalue weighted by molar-refractivity contribution is -0.128. The standard InChI is InChI=1S/C22H24N2O2S/c1-14-3-4-15(2)20(11-14)27-19-9-5-17(6-10-19)23-22(26)16-12-21(25)24(13-16)18-7-8-18/h3-6,9-11,16,18H,7-8,12-13H2,1-2H3,(H,23,26). The molecule has 0 radical (unpaired) electrons. The van der Waals surface area contributed by atoms with Crippen molar-refractivity contribution in [3.8, 4) is 0 Å². The van der Waals surface area contributed by atoms with Crippen LogP contribution in [0.3, 0.4) is 0 Å². The first-order valence-corrected chi connectivity index (χ1v) is 10.3. The Kier molecular flexibility index (Phi) is 4.96. The van der Waals surface area contributed by atoms with Gasteiger partial charge in [0, 0.05) is 34.5 Å². The molecule has 5 heteroatoms. The van der Waals surface area contributed by atoms with E-state index in [1.165, 1.54) is 16.0 Å². The molecule has 1 saturated carbocycles. The second-order valence-corrected chi connectivity index (χ2v) is 8.68. The van der Waals surface area contributed by atoms with Gasteiger partial charge in [0.1, 0.15) is 0 Å². The maximum atomic E-state index is 12.5. The molecule has 0 bridgehead atoms. The van der Waals surface area contributed by atoms with Gasteiger partial charge in [-0.15, -0.1) is 0 Å². The Labute approximate surface area is 164 Å². The van der Waals surface area contributed by atoms with Crippen molar-refractivity contribution in [2.75, 3.05) is 11.9 Å². The maximum Gasteiger partial charge on any atom is 0.229 e. The molecule has 1 aliphatic heterocycles. The van der Waals surface area contributed by atoms with Crippen molar-refractivity contribution >= 4 is 29.3 Å². The summed E-state index contributed by atoms with van der Waals surface area (Å²) in [5.41, 5.74) is 3.29. The number of hydrogen-bond donors (Lipinski definition) is 1. The number of rotatable bonds is 5. The van der Waals surface area contributed by atoms with E-state index >= 15 is 0 Å². The van der Waals surface area contributed by atoms with Gasteiger partial charge in [-0.2, -0.15) is 0 Å². The topological polar surface area (TPSA) is 49.4 Å². The molecule has 1 saturated heterocycles. The molecule has 0 aromatic heterocycles. The Hall–Kier alpha value is -2.27. The molecule has 4 nitrogen and oxygen atoms in total. The highest BCUT2D eigenvalue weighted by Gasteiger charge is 2.41. The molecule has 2 amide bonds. The van der Waals surface area contributed by atoms with Crippen molar-refractivity contribution in [1.29, 1.82) is 0 Å². The molecule has 1 atom stereocenters. The van der Waals surface area contributed by atoms with E-state index in [2.05, 4.69) is 37.4 Å². The van der Waals surface area contributed by atoms with Gasteiger partial charge in [-0.25, -0.2) is 0 Å². The molecule has 0 spiro atoms. The lowest BCUT2D eigenvalue weighted by Gasteiger charge is -2.15. The van der Waals surface area contributed by atoms with E-state index < -0.39 is 0 Å². The minimum Gasteiger partial charge on any atom is -0.339 e. The van der Waals surface area contributed by atoms with Crippen LogP contribution in [0.1, 0.15) is 30.4 Å². The van der Waals surface area contributed by atoms with Crippen LogP contribution in [0, 0.1) is 19.8 Å². The summed E-state index contributed by atoms with van der Waals surface area (Å²) in [7, 11) is 0. The lowest BCUT2D eigenvalue weighted by Crippen LogP contribution is -2.29. The largest absolute Gasteiger partial charge is 0.339 e. The van der Waals surface area contributed by atoms with Crippen molar-refractivity contribution < 1.29 is 9.59 Å². The van der Waals surface area contributed by atoms with E-state index in [1.54, 1.807) is 11.8 Å². The van der Waals surface area contributed by atoms with Crippen molar-refractivity contribution in [3.05, 3.63) is 53.6 Å². The number of likely N-dealkylation sites (tertiary alicyclic amines) is 1. The normalized spacial score (nSPS) is 19.4. The van der Waals surface area contributed by atoms with Gasteiger partial charge < -0.3 is 10.2 Å². The van der Waals surface area contributed by atoms with Crippen LogP contribution >= 0.6 is 11.8 Å². The Bertz CT molecular complexity index is 874. The summed E-state index contributed by atoms with van der Waals surface area (Å²) < 4.78 is 0. The maximum absolute atomic E-state index is 12.5. The highest BCUT2D eigenvalue weighted by molar-refractivity contribution is 7.99. The predicted octanol–water partition coefficient (Wildman–Crippen LogP) is 4.40. The summed E-state index contributed by atoms with van der Waals surface area (Å²) in [6.07, 6.45) is 2.50. The number of carbonyl (C=O) groups is 2. The van der Waals surface area contributed by atoms with Gasteiger partial charge in [-0.1, -0.05) is 23.9 Å². The monoisotopic (exact) mass is 380 g/mol. The van der Waals surface area contributed by atoms with Gasteiger partial charge in [-0.3, -0.25) is 9.59 Å². The Balaban J connectivity index is 1.37. The molecule has 4 rings (SSSR count). The molecule has 1 heterocycles. The third-order valence-electron chi connectivity index (χ3n) is 5.21. The first kappa shape index (κ1) is 18.1. The van der Waals surface area contributed by atoms with Crippen LogP contribution in [0.15, 0.2) is 52.3 Å². The van der Waals surface area contributed by atoms with E-state index in [0.29, 0.717) is 19.0 Å². The molecule has 27 heavy (non-hydrogen) atoms. The smallest absolute Gasteiger partial charge is 0.229 e. The Morgan fingerprint density at radius 3 is 2.56 bits per heavy atom. The van der Waals surface area contributed by atoms with Gasteiger partial charge >= 0.3 is 0 Å². The summed E-state index contributed by atoms with van der Waals surface area (Å²) >= 11 is 1.73. The predicted molar refractivity (Wildman–Crippen MR) is 108 cm³/mol. The molecule has 2 aliphatic rings. The fraction of sp³-hybridized carbons (Fsp3) is 0.364. The second-order valence-electron chi connectivity index (χ2n) is 7.56. The average Bonchev–Trinajstić information content (AvgIpc) is 3.41. The molecule has 2 aromatic carbocycles. The first-order chi connectivity index (χ1) is 13.0. The quantitative estimate of drug-likeness (QED) is 0.836. The molecular weight excluding hydrogens is 356 g/mol. The zero-order valence-corrected chi connectivity index (χ0v) is 16.5. The third kappa shape index (κ3) is 4.19. The van der Waals surface area contributed by atoms with E-state index in [9.17, 15) is 9.59 Å².